The lowest BCUT2D eigenvalue weighted by atomic mass is 9.99. The Morgan fingerprint density at radius 2 is 1.75 bits per heavy atom. The van der Waals surface area contributed by atoms with Gasteiger partial charge < -0.3 is 15.7 Å². The standard InChI is InChI=1S/C25H29ClN6O3S/c1-14-15(2)36-24-21(14)22(17-7-9-18(26)10-8-17)29-19(23-31-30-16(3)32(23)24)13-20(33)27-11-5-4-6-12-28-25(34)35/h7-10,19,28H,4-6,11-13H2,1-3H3,(H,27,33)(H,34,35)/t19-/m0/s1. The average molecular weight is 529 g/mol. The molecule has 190 valence electrons. The van der Waals surface area contributed by atoms with Crippen LogP contribution in [-0.4, -0.2) is 50.7 Å². The van der Waals surface area contributed by atoms with Gasteiger partial charge in [-0.3, -0.25) is 14.4 Å². The number of carbonyl (C=O) groups excluding carboxylic acids is 1. The molecule has 3 heterocycles. The lowest BCUT2D eigenvalue weighted by Crippen LogP contribution is -2.27. The summed E-state index contributed by atoms with van der Waals surface area (Å²) in [4.78, 5) is 29.7. The number of aryl methyl sites for hydroxylation is 2. The van der Waals surface area contributed by atoms with Gasteiger partial charge >= 0.3 is 6.09 Å². The van der Waals surface area contributed by atoms with E-state index in [0.717, 1.165) is 52.5 Å². The number of rotatable bonds is 9. The van der Waals surface area contributed by atoms with Gasteiger partial charge in [-0.2, -0.15) is 0 Å². The Hall–Kier alpha value is -3.24. The van der Waals surface area contributed by atoms with Crippen LogP contribution in [-0.2, 0) is 4.79 Å². The molecule has 1 aliphatic heterocycles. The average Bonchev–Trinajstić information content (AvgIpc) is 3.31. The lowest BCUT2D eigenvalue weighted by Gasteiger charge is -2.13. The highest BCUT2D eigenvalue weighted by molar-refractivity contribution is 7.15. The first-order chi connectivity index (χ1) is 17.3. The number of benzene rings is 1. The largest absolute Gasteiger partial charge is 0.465 e. The van der Waals surface area contributed by atoms with E-state index in [-0.39, 0.29) is 12.3 Å². The van der Waals surface area contributed by atoms with E-state index in [2.05, 4.69) is 34.7 Å². The molecule has 0 unspecified atom stereocenters. The van der Waals surface area contributed by atoms with E-state index < -0.39 is 12.1 Å². The van der Waals surface area contributed by atoms with Crippen molar-refractivity contribution < 1.29 is 14.7 Å². The molecule has 0 fully saturated rings. The molecule has 0 saturated heterocycles. The molecule has 0 saturated carbocycles. The van der Waals surface area contributed by atoms with Crippen LogP contribution in [0.15, 0.2) is 29.3 Å². The quantitative estimate of drug-likeness (QED) is 0.346. The Balaban J connectivity index is 1.58. The van der Waals surface area contributed by atoms with Crippen molar-refractivity contribution in [3.05, 3.63) is 62.5 Å². The van der Waals surface area contributed by atoms with E-state index in [9.17, 15) is 9.59 Å². The first-order valence-corrected chi connectivity index (χ1v) is 13.1. The zero-order valence-corrected chi connectivity index (χ0v) is 22.0. The number of nitrogens with one attached hydrogen (secondary N) is 2. The van der Waals surface area contributed by atoms with Gasteiger partial charge in [-0.1, -0.05) is 23.7 Å². The first-order valence-electron chi connectivity index (χ1n) is 11.9. The number of unbranched alkanes of at least 4 members (excludes halogenated alkanes) is 2. The van der Waals surface area contributed by atoms with Crippen molar-refractivity contribution in [1.82, 2.24) is 25.4 Å². The predicted molar refractivity (Wildman–Crippen MR) is 141 cm³/mol. The van der Waals surface area contributed by atoms with Crippen molar-refractivity contribution in [1.29, 1.82) is 0 Å². The van der Waals surface area contributed by atoms with Gasteiger partial charge in [-0.15, -0.1) is 21.5 Å². The molecule has 1 atom stereocenters. The van der Waals surface area contributed by atoms with E-state index in [1.807, 2.05) is 35.8 Å². The minimum absolute atomic E-state index is 0.117. The summed E-state index contributed by atoms with van der Waals surface area (Å²) < 4.78 is 2.03. The smallest absolute Gasteiger partial charge is 0.404 e. The van der Waals surface area contributed by atoms with E-state index >= 15 is 0 Å². The van der Waals surface area contributed by atoms with Crippen molar-refractivity contribution in [3.63, 3.8) is 0 Å². The van der Waals surface area contributed by atoms with Crippen LogP contribution in [0.1, 0.15) is 64.9 Å². The van der Waals surface area contributed by atoms with Gasteiger partial charge in [-0.25, -0.2) is 4.79 Å². The van der Waals surface area contributed by atoms with Crippen LogP contribution >= 0.6 is 22.9 Å². The van der Waals surface area contributed by atoms with Crippen molar-refractivity contribution >= 4 is 40.6 Å². The molecule has 11 heteroatoms. The second-order valence-corrected chi connectivity index (χ2v) is 10.4. The number of aliphatic imine (C=N–C) groups is 1. The molecule has 1 aliphatic rings. The number of nitrogens with zero attached hydrogens (tertiary/aromatic N) is 4. The lowest BCUT2D eigenvalue weighted by molar-refractivity contribution is -0.121. The van der Waals surface area contributed by atoms with Crippen LogP contribution in [0, 0.1) is 20.8 Å². The van der Waals surface area contributed by atoms with E-state index in [0.29, 0.717) is 23.9 Å². The number of aromatic nitrogens is 3. The summed E-state index contributed by atoms with van der Waals surface area (Å²) in [6, 6.07) is 7.09. The zero-order valence-electron chi connectivity index (χ0n) is 20.5. The third-order valence-electron chi connectivity index (χ3n) is 6.19. The highest BCUT2D eigenvalue weighted by Gasteiger charge is 2.32. The summed E-state index contributed by atoms with van der Waals surface area (Å²) in [5.41, 5.74) is 3.92. The number of amides is 2. The number of carboxylic acid groups (broad SMARTS) is 1. The maximum atomic E-state index is 12.9. The van der Waals surface area contributed by atoms with Crippen molar-refractivity contribution in [2.45, 2.75) is 52.5 Å². The fourth-order valence-corrected chi connectivity index (χ4v) is 5.57. The van der Waals surface area contributed by atoms with Gasteiger partial charge in [-0.05, 0) is 57.7 Å². The number of hydrogen-bond donors (Lipinski definition) is 3. The SMILES string of the molecule is Cc1sc2c(c1C)C(c1ccc(Cl)cc1)=N[C@@H](CC(=O)NCCCCCNC(=O)O)c1nnc(C)n1-2. The highest BCUT2D eigenvalue weighted by atomic mass is 35.5. The molecule has 1 aromatic carbocycles. The topological polar surface area (TPSA) is 122 Å². The van der Waals surface area contributed by atoms with Crippen molar-refractivity contribution in [3.8, 4) is 5.00 Å². The van der Waals surface area contributed by atoms with Gasteiger partial charge in [0.2, 0.25) is 5.91 Å². The summed E-state index contributed by atoms with van der Waals surface area (Å²) in [6.45, 7) is 7.02. The molecule has 3 N–H and O–H groups in total. The third kappa shape index (κ3) is 5.60. The second-order valence-electron chi connectivity index (χ2n) is 8.75. The minimum Gasteiger partial charge on any atom is -0.465 e. The molecule has 2 aromatic heterocycles. The predicted octanol–water partition coefficient (Wildman–Crippen LogP) is 4.74. The van der Waals surface area contributed by atoms with Crippen molar-refractivity contribution in [2.24, 2.45) is 4.99 Å². The molecule has 9 nitrogen and oxygen atoms in total. The molecule has 0 spiro atoms. The van der Waals surface area contributed by atoms with Gasteiger partial charge in [0.1, 0.15) is 16.9 Å². The Morgan fingerprint density at radius 3 is 2.44 bits per heavy atom. The number of carbonyl (C=O) groups is 2. The number of fused-ring (bicyclic) bond motifs is 3. The summed E-state index contributed by atoms with van der Waals surface area (Å²) in [5.74, 6) is 1.28. The number of halogens is 1. The summed E-state index contributed by atoms with van der Waals surface area (Å²) >= 11 is 7.82. The van der Waals surface area contributed by atoms with Gasteiger partial charge in [0.25, 0.3) is 0 Å². The van der Waals surface area contributed by atoms with E-state index in [1.165, 1.54) is 4.88 Å². The Labute approximate surface area is 218 Å². The molecule has 2 amide bonds. The molecular formula is C25H29ClN6O3S. The third-order valence-corrected chi connectivity index (χ3v) is 7.63. The molecule has 4 rings (SSSR count). The van der Waals surface area contributed by atoms with E-state index in [4.69, 9.17) is 21.7 Å². The number of hydrogen-bond acceptors (Lipinski definition) is 6. The molecule has 0 radical (unpaired) electrons. The molecule has 0 aliphatic carbocycles. The van der Waals surface area contributed by atoms with Crippen LogP contribution in [0.2, 0.25) is 5.02 Å². The first kappa shape index (κ1) is 25.8. The molecule has 3 aromatic rings. The highest BCUT2D eigenvalue weighted by Crippen LogP contribution is 2.39. The van der Waals surface area contributed by atoms with E-state index in [1.54, 1.807) is 11.3 Å². The summed E-state index contributed by atoms with van der Waals surface area (Å²) in [7, 11) is 0. The van der Waals surface area contributed by atoms with Gasteiger partial charge in [0, 0.05) is 34.1 Å². The zero-order chi connectivity index (χ0) is 25.8. The normalized spacial score (nSPS) is 14.4. The minimum atomic E-state index is -1.02. The van der Waals surface area contributed by atoms with Crippen LogP contribution in [0.25, 0.3) is 5.00 Å². The number of thiophene rings is 1. The summed E-state index contributed by atoms with van der Waals surface area (Å²) in [6.07, 6.45) is 1.43. The molecule has 36 heavy (non-hydrogen) atoms. The van der Waals surface area contributed by atoms with Crippen LogP contribution in [0.5, 0.6) is 0 Å². The Bertz CT molecular complexity index is 1300. The van der Waals surface area contributed by atoms with Crippen LogP contribution in [0.4, 0.5) is 4.79 Å². The Kier molecular flexibility index (Phi) is 8.05. The van der Waals surface area contributed by atoms with Crippen molar-refractivity contribution in [2.75, 3.05) is 13.1 Å². The summed E-state index contributed by atoms with van der Waals surface area (Å²) in [5, 5.41) is 24.3. The monoisotopic (exact) mass is 528 g/mol. The van der Waals surface area contributed by atoms with Gasteiger partial charge in [0.05, 0.1) is 12.1 Å². The fraction of sp³-hybridized carbons (Fsp3) is 0.400. The van der Waals surface area contributed by atoms with Crippen LogP contribution in [0.3, 0.4) is 0 Å². The maximum absolute atomic E-state index is 12.9. The fourth-order valence-electron chi connectivity index (χ4n) is 4.23. The molecule has 0 bridgehead atoms. The Morgan fingerprint density at radius 1 is 1.06 bits per heavy atom. The molecular weight excluding hydrogens is 500 g/mol. The second kappa shape index (κ2) is 11.2. The van der Waals surface area contributed by atoms with Crippen LogP contribution < -0.4 is 10.6 Å². The maximum Gasteiger partial charge on any atom is 0.404 e. The van der Waals surface area contributed by atoms with Gasteiger partial charge in [0.15, 0.2) is 5.82 Å².